The summed E-state index contributed by atoms with van der Waals surface area (Å²) in [7, 11) is 0. The second-order valence-electron chi connectivity index (χ2n) is 5.23. The van der Waals surface area contributed by atoms with Crippen LogP contribution in [0, 0.1) is 5.41 Å². The number of hydrogen-bond donors (Lipinski definition) is 3. The summed E-state index contributed by atoms with van der Waals surface area (Å²) < 4.78 is 0. The third kappa shape index (κ3) is 2.41. The molecule has 0 saturated heterocycles. The van der Waals surface area contributed by atoms with Crippen LogP contribution >= 0.6 is 0 Å². The maximum absolute atomic E-state index is 11.8. The zero-order valence-electron chi connectivity index (χ0n) is 10.3. The molecule has 1 amide bonds. The molecule has 4 heteroatoms. The number of carbonyl (C=O) groups is 1. The van der Waals surface area contributed by atoms with Crippen molar-refractivity contribution >= 4 is 28.3 Å². The molecule has 0 bridgehead atoms. The van der Waals surface area contributed by atoms with E-state index in [1.165, 1.54) is 0 Å². The minimum absolute atomic E-state index is 0.0166. The van der Waals surface area contributed by atoms with Crippen LogP contribution in [0.3, 0.4) is 0 Å². The van der Waals surface area contributed by atoms with Crippen molar-refractivity contribution in [3.8, 4) is 0 Å². The molecule has 4 nitrogen and oxygen atoms in total. The molecule has 90 valence electrons. The summed E-state index contributed by atoms with van der Waals surface area (Å²) in [5.74, 6) is 0.683. The molecule has 0 atom stereocenters. The van der Waals surface area contributed by atoms with Gasteiger partial charge in [-0.25, -0.2) is 0 Å². The highest BCUT2D eigenvalue weighted by molar-refractivity contribution is 5.97. The number of nitrogens with two attached hydrogens (primary N) is 1. The molecule has 17 heavy (non-hydrogen) atoms. The lowest BCUT2D eigenvalue weighted by atomic mass is 9.96. The van der Waals surface area contributed by atoms with E-state index < -0.39 is 5.41 Å². The smallest absolute Gasteiger partial charge is 0.230 e. The zero-order chi connectivity index (χ0) is 12.6. The summed E-state index contributed by atoms with van der Waals surface area (Å²) in [5.41, 5.74) is 6.97. The number of fused-ring (bicyclic) bond motifs is 1. The molecular weight excluding hydrogens is 214 g/mol. The molecule has 4 N–H and O–H groups in total. The highest BCUT2D eigenvalue weighted by Crippen LogP contribution is 2.23. The van der Waals surface area contributed by atoms with Gasteiger partial charge in [0.1, 0.15) is 5.82 Å². The molecule has 0 unspecified atom stereocenters. The van der Waals surface area contributed by atoms with Crippen molar-refractivity contribution in [2.75, 3.05) is 11.1 Å². The van der Waals surface area contributed by atoms with Crippen LogP contribution in [0.2, 0.25) is 0 Å². The fourth-order valence-corrected chi connectivity index (χ4v) is 1.53. The van der Waals surface area contributed by atoms with Crippen molar-refractivity contribution in [2.45, 2.75) is 20.8 Å². The lowest BCUT2D eigenvalue weighted by Gasteiger charge is -2.16. The monoisotopic (exact) mass is 231 g/mol. The Kier molecular flexibility index (Phi) is 2.58. The van der Waals surface area contributed by atoms with Crippen LogP contribution in [0.25, 0.3) is 10.9 Å². The molecule has 2 rings (SSSR count). The first-order valence-corrected chi connectivity index (χ1v) is 5.56. The number of benzene rings is 1. The Hall–Kier alpha value is -1.97. The van der Waals surface area contributed by atoms with Gasteiger partial charge in [0.15, 0.2) is 0 Å². The molecule has 2 aromatic rings. The SMILES string of the molecule is CC(C)(C)C(=O)Nc1cc2cc(N)ccc2[nH]1. The number of amides is 1. The molecule has 0 aliphatic heterocycles. The van der Waals surface area contributed by atoms with E-state index in [0.717, 1.165) is 10.9 Å². The number of rotatable bonds is 1. The van der Waals surface area contributed by atoms with Gasteiger partial charge in [0.25, 0.3) is 0 Å². The van der Waals surface area contributed by atoms with Crippen molar-refractivity contribution in [3.05, 3.63) is 24.3 Å². The van der Waals surface area contributed by atoms with Crippen molar-refractivity contribution in [3.63, 3.8) is 0 Å². The van der Waals surface area contributed by atoms with E-state index in [0.29, 0.717) is 11.5 Å². The van der Waals surface area contributed by atoms with Crippen LogP contribution in [0.15, 0.2) is 24.3 Å². The van der Waals surface area contributed by atoms with Crippen LogP contribution < -0.4 is 11.1 Å². The van der Waals surface area contributed by atoms with Gasteiger partial charge in [0, 0.05) is 22.0 Å². The number of aromatic amines is 1. The third-order valence-electron chi connectivity index (χ3n) is 2.57. The van der Waals surface area contributed by atoms with Crippen molar-refractivity contribution in [1.29, 1.82) is 0 Å². The van der Waals surface area contributed by atoms with Crippen molar-refractivity contribution in [2.24, 2.45) is 5.41 Å². The second kappa shape index (κ2) is 3.80. The number of H-pyrrole nitrogens is 1. The predicted octanol–water partition coefficient (Wildman–Crippen LogP) is 2.73. The van der Waals surface area contributed by atoms with Crippen LogP contribution in [0.5, 0.6) is 0 Å². The van der Waals surface area contributed by atoms with E-state index in [1.54, 1.807) is 0 Å². The van der Waals surface area contributed by atoms with Crippen LogP contribution in [-0.2, 0) is 4.79 Å². The van der Waals surface area contributed by atoms with Gasteiger partial charge in [-0.3, -0.25) is 4.79 Å². The Morgan fingerprint density at radius 1 is 1.29 bits per heavy atom. The Bertz CT molecular complexity index is 564. The molecule has 0 fully saturated rings. The van der Waals surface area contributed by atoms with E-state index in [1.807, 2.05) is 45.0 Å². The Balaban J connectivity index is 2.29. The van der Waals surface area contributed by atoms with Crippen LogP contribution in [0.4, 0.5) is 11.5 Å². The Labute approximate surface area is 100 Å². The average molecular weight is 231 g/mol. The molecule has 0 aliphatic rings. The largest absolute Gasteiger partial charge is 0.399 e. The molecule has 1 aromatic heterocycles. The van der Waals surface area contributed by atoms with Crippen LogP contribution in [0.1, 0.15) is 20.8 Å². The quantitative estimate of drug-likeness (QED) is 0.660. The minimum Gasteiger partial charge on any atom is -0.399 e. The molecule has 1 heterocycles. The number of anilines is 2. The van der Waals surface area contributed by atoms with Gasteiger partial charge in [-0.2, -0.15) is 0 Å². The molecule has 0 spiro atoms. The first-order valence-electron chi connectivity index (χ1n) is 5.56. The average Bonchev–Trinajstić information content (AvgIpc) is 2.57. The van der Waals surface area contributed by atoms with Gasteiger partial charge in [-0.15, -0.1) is 0 Å². The van der Waals surface area contributed by atoms with E-state index in [9.17, 15) is 4.79 Å². The van der Waals surface area contributed by atoms with E-state index in [-0.39, 0.29) is 5.91 Å². The Morgan fingerprint density at radius 3 is 2.65 bits per heavy atom. The van der Waals surface area contributed by atoms with Gasteiger partial charge >= 0.3 is 0 Å². The number of nitrogens with one attached hydrogen (secondary N) is 2. The summed E-state index contributed by atoms with van der Waals surface area (Å²) in [4.78, 5) is 15.0. The highest BCUT2D eigenvalue weighted by Gasteiger charge is 2.21. The standard InChI is InChI=1S/C13H17N3O/c1-13(2,3)12(17)16-11-7-8-6-9(14)4-5-10(8)15-11/h4-7,15H,14H2,1-3H3,(H,16,17). The summed E-state index contributed by atoms with van der Waals surface area (Å²) in [5, 5.41) is 3.85. The van der Waals surface area contributed by atoms with Crippen LogP contribution in [-0.4, -0.2) is 10.9 Å². The minimum atomic E-state index is -0.406. The summed E-state index contributed by atoms with van der Waals surface area (Å²) in [6.07, 6.45) is 0. The molecule has 0 aliphatic carbocycles. The first kappa shape index (κ1) is 11.5. The van der Waals surface area contributed by atoms with Crippen molar-refractivity contribution < 1.29 is 4.79 Å². The summed E-state index contributed by atoms with van der Waals surface area (Å²) >= 11 is 0. The lowest BCUT2D eigenvalue weighted by molar-refractivity contribution is -0.123. The molecule has 1 aromatic carbocycles. The summed E-state index contributed by atoms with van der Waals surface area (Å²) in [6, 6.07) is 7.49. The first-order chi connectivity index (χ1) is 7.86. The normalized spacial score (nSPS) is 11.7. The third-order valence-corrected chi connectivity index (χ3v) is 2.57. The second-order valence-corrected chi connectivity index (χ2v) is 5.23. The number of hydrogen-bond acceptors (Lipinski definition) is 2. The molecular formula is C13H17N3O. The number of carbonyl (C=O) groups excluding carboxylic acids is 1. The van der Waals surface area contributed by atoms with E-state index in [2.05, 4.69) is 10.3 Å². The molecule has 0 saturated carbocycles. The molecule has 0 radical (unpaired) electrons. The maximum Gasteiger partial charge on any atom is 0.230 e. The van der Waals surface area contributed by atoms with Gasteiger partial charge < -0.3 is 16.0 Å². The maximum atomic E-state index is 11.8. The highest BCUT2D eigenvalue weighted by atomic mass is 16.2. The van der Waals surface area contributed by atoms with Gasteiger partial charge in [-0.1, -0.05) is 20.8 Å². The van der Waals surface area contributed by atoms with E-state index >= 15 is 0 Å². The van der Waals surface area contributed by atoms with E-state index in [4.69, 9.17) is 5.73 Å². The van der Waals surface area contributed by atoms with Gasteiger partial charge in [-0.05, 0) is 24.3 Å². The predicted molar refractivity (Wildman–Crippen MR) is 70.8 cm³/mol. The number of nitrogen functional groups attached to an aromatic ring is 1. The van der Waals surface area contributed by atoms with Crippen molar-refractivity contribution in [1.82, 2.24) is 4.98 Å². The summed E-state index contributed by atoms with van der Waals surface area (Å²) in [6.45, 7) is 5.63. The topological polar surface area (TPSA) is 70.9 Å². The van der Waals surface area contributed by atoms with Gasteiger partial charge in [0.2, 0.25) is 5.91 Å². The van der Waals surface area contributed by atoms with Gasteiger partial charge in [0.05, 0.1) is 0 Å². The Morgan fingerprint density at radius 2 is 2.00 bits per heavy atom. The lowest BCUT2D eigenvalue weighted by Crippen LogP contribution is -2.27. The zero-order valence-corrected chi connectivity index (χ0v) is 10.3. The fourth-order valence-electron chi connectivity index (χ4n) is 1.53. The fraction of sp³-hybridized carbons (Fsp3) is 0.308. The number of aromatic nitrogens is 1.